The van der Waals surface area contributed by atoms with Crippen LogP contribution in [0.1, 0.15) is 17.3 Å². The summed E-state index contributed by atoms with van der Waals surface area (Å²) < 4.78 is 25.9. The number of halogens is 1. The second-order valence-corrected chi connectivity index (χ2v) is 4.68. The summed E-state index contributed by atoms with van der Waals surface area (Å²) in [5.41, 5.74) is 0.749. The Kier molecular flexibility index (Phi) is 3.92. The minimum absolute atomic E-state index is 0.125. The lowest BCUT2D eigenvalue weighted by atomic mass is 10.1. The number of rotatable bonds is 4. The zero-order chi connectivity index (χ0) is 16.4. The molecular formula is C16H14FN3O3. The van der Waals surface area contributed by atoms with E-state index in [1.54, 1.807) is 19.2 Å². The molecule has 0 bridgehead atoms. The summed E-state index contributed by atoms with van der Waals surface area (Å²) in [6, 6.07) is 5.91. The Labute approximate surface area is 131 Å². The molecule has 0 saturated heterocycles. The van der Waals surface area contributed by atoms with Crippen LogP contribution in [0, 0.1) is 5.82 Å². The molecule has 0 radical (unpaired) electrons. The van der Waals surface area contributed by atoms with Gasteiger partial charge in [-0.05, 0) is 31.2 Å². The van der Waals surface area contributed by atoms with Gasteiger partial charge in [-0.3, -0.25) is 0 Å². The highest BCUT2D eigenvalue weighted by atomic mass is 19.1. The number of fused-ring (bicyclic) bond motifs is 1. The number of esters is 1. The molecule has 0 aliphatic carbocycles. The van der Waals surface area contributed by atoms with Crippen molar-refractivity contribution in [3.05, 3.63) is 48.0 Å². The molecule has 3 aromatic rings. The Balaban J connectivity index is 2.28. The number of benzene rings is 1. The predicted molar refractivity (Wildman–Crippen MR) is 80.9 cm³/mol. The zero-order valence-corrected chi connectivity index (χ0v) is 12.6. The molecule has 23 heavy (non-hydrogen) atoms. The number of carbonyl (C=O) groups is 1. The van der Waals surface area contributed by atoms with Gasteiger partial charge in [0.2, 0.25) is 0 Å². The smallest absolute Gasteiger partial charge is 0.344 e. The quantitative estimate of drug-likeness (QED) is 0.693. The second-order valence-electron chi connectivity index (χ2n) is 4.68. The molecule has 6 nitrogen and oxygen atoms in total. The molecule has 2 aromatic heterocycles. The first kappa shape index (κ1) is 15.0. The molecule has 0 spiro atoms. The highest BCUT2D eigenvalue weighted by Gasteiger charge is 2.25. The van der Waals surface area contributed by atoms with Crippen molar-refractivity contribution >= 4 is 11.6 Å². The van der Waals surface area contributed by atoms with Crippen molar-refractivity contribution in [1.82, 2.24) is 14.6 Å². The molecule has 3 rings (SSSR count). The summed E-state index contributed by atoms with van der Waals surface area (Å²) in [6.07, 6.45) is 3.16. The van der Waals surface area contributed by atoms with Crippen LogP contribution in [-0.4, -0.2) is 34.3 Å². The van der Waals surface area contributed by atoms with Crippen LogP contribution in [0.4, 0.5) is 4.39 Å². The van der Waals surface area contributed by atoms with Gasteiger partial charge >= 0.3 is 5.97 Å². The predicted octanol–water partition coefficient (Wildman–Crippen LogP) is 2.72. The number of aromatic nitrogens is 3. The molecule has 1 aromatic carbocycles. The maximum atomic E-state index is 14.3. The number of hydrogen-bond donors (Lipinski definition) is 0. The topological polar surface area (TPSA) is 65.7 Å². The molecule has 0 N–H and O–H groups in total. The minimum atomic E-state index is -0.599. The summed E-state index contributed by atoms with van der Waals surface area (Å²) >= 11 is 0. The van der Waals surface area contributed by atoms with E-state index in [0.29, 0.717) is 11.4 Å². The lowest BCUT2D eigenvalue weighted by Crippen LogP contribution is -2.06. The van der Waals surface area contributed by atoms with Crippen molar-refractivity contribution in [3.63, 3.8) is 0 Å². The zero-order valence-electron chi connectivity index (χ0n) is 12.6. The van der Waals surface area contributed by atoms with Crippen LogP contribution in [0.5, 0.6) is 5.75 Å². The van der Waals surface area contributed by atoms with Gasteiger partial charge in [-0.1, -0.05) is 0 Å². The highest BCUT2D eigenvalue weighted by molar-refractivity contribution is 6.02. The van der Waals surface area contributed by atoms with Crippen molar-refractivity contribution in [2.24, 2.45) is 0 Å². The van der Waals surface area contributed by atoms with Gasteiger partial charge in [0.15, 0.2) is 5.65 Å². The van der Waals surface area contributed by atoms with Gasteiger partial charge in [-0.25, -0.2) is 18.7 Å². The highest BCUT2D eigenvalue weighted by Crippen LogP contribution is 2.30. The van der Waals surface area contributed by atoms with E-state index in [1.165, 1.54) is 36.0 Å². The van der Waals surface area contributed by atoms with E-state index in [4.69, 9.17) is 9.47 Å². The third-order valence-electron chi connectivity index (χ3n) is 3.30. The van der Waals surface area contributed by atoms with E-state index in [0.717, 1.165) is 0 Å². The monoisotopic (exact) mass is 315 g/mol. The Hall–Kier alpha value is -2.96. The average molecular weight is 315 g/mol. The van der Waals surface area contributed by atoms with Crippen molar-refractivity contribution < 1.29 is 18.7 Å². The fourth-order valence-corrected chi connectivity index (χ4v) is 2.28. The van der Waals surface area contributed by atoms with Crippen LogP contribution in [0.3, 0.4) is 0 Å². The van der Waals surface area contributed by atoms with Gasteiger partial charge in [0.1, 0.15) is 22.8 Å². The van der Waals surface area contributed by atoms with Crippen molar-refractivity contribution in [2.75, 3.05) is 13.7 Å². The fourth-order valence-electron chi connectivity index (χ4n) is 2.28. The van der Waals surface area contributed by atoms with Crippen LogP contribution < -0.4 is 4.74 Å². The third-order valence-corrected chi connectivity index (χ3v) is 3.30. The summed E-state index contributed by atoms with van der Waals surface area (Å²) in [4.78, 5) is 16.5. The van der Waals surface area contributed by atoms with Gasteiger partial charge in [-0.15, -0.1) is 0 Å². The first-order valence-electron chi connectivity index (χ1n) is 7.00. The van der Waals surface area contributed by atoms with Crippen LogP contribution in [0.2, 0.25) is 0 Å². The summed E-state index contributed by atoms with van der Waals surface area (Å²) in [5.74, 6) is -0.653. The fraction of sp³-hybridized carbons (Fsp3) is 0.188. The first-order chi connectivity index (χ1) is 11.2. The summed E-state index contributed by atoms with van der Waals surface area (Å²) in [5, 5.41) is 4.28. The van der Waals surface area contributed by atoms with E-state index in [-0.39, 0.29) is 23.4 Å². The van der Waals surface area contributed by atoms with E-state index < -0.39 is 11.8 Å². The standard InChI is InChI=1S/C16H14FN3O3/c1-3-23-16(21)13-14(19-20-8-4-7-18-15(13)20)11-9-10(22-2)5-6-12(11)17/h4-9H,3H2,1-2H3. The number of nitrogens with zero attached hydrogens (tertiary/aromatic N) is 3. The maximum Gasteiger partial charge on any atom is 0.344 e. The molecule has 0 atom stereocenters. The molecule has 0 fully saturated rings. The van der Waals surface area contributed by atoms with Crippen LogP contribution in [-0.2, 0) is 4.74 Å². The van der Waals surface area contributed by atoms with Gasteiger partial charge in [0.25, 0.3) is 0 Å². The number of hydrogen-bond acceptors (Lipinski definition) is 5. The van der Waals surface area contributed by atoms with E-state index in [9.17, 15) is 9.18 Å². The molecule has 118 valence electrons. The Morgan fingerprint density at radius 3 is 2.96 bits per heavy atom. The molecule has 0 amide bonds. The molecule has 7 heteroatoms. The Morgan fingerprint density at radius 1 is 1.39 bits per heavy atom. The molecule has 2 heterocycles. The SMILES string of the molecule is CCOC(=O)c1c(-c2cc(OC)ccc2F)nn2cccnc12. The molecule has 0 saturated carbocycles. The van der Waals surface area contributed by atoms with Gasteiger partial charge in [0, 0.05) is 18.0 Å². The van der Waals surface area contributed by atoms with E-state index in [2.05, 4.69) is 10.1 Å². The normalized spacial score (nSPS) is 10.7. The summed E-state index contributed by atoms with van der Waals surface area (Å²) in [6.45, 7) is 1.89. The average Bonchev–Trinajstić information content (AvgIpc) is 2.94. The van der Waals surface area contributed by atoms with Crippen molar-refractivity contribution in [3.8, 4) is 17.0 Å². The molecule has 0 aliphatic rings. The van der Waals surface area contributed by atoms with Crippen molar-refractivity contribution in [1.29, 1.82) is 0 Å². The van der Waals surface area contributed by atoms with Crippen molar-refractivity contribution in [2.45, 2.75) is 6.92 Å². The number of ether oxygens (including phenoxy) is 2. The Morgan fingerprint density at radius 2 is 2.22 bits per heavy atom. The molecular weight excluding hydrogens is 301 g/mol. The molecule has 0 unspecified atom stereocenters. The minimum Gasteiger partial charge on any atom is -0.497 e. The lowest BCUT2D eigenvalue weighted by Gasteiger charge is -2.06. The van der Waals surface area contributed by atoms with E-state index >= 15 is 0 Å². The van der Waals surface area contributed by atoms with Gasteiger partial charge < -0.3 is 9.47 Å². The second kappa shape index (κ2) is 6.04. The number of methoxy groups -OCH3 is 1. The lowest BCUT2D eigenvalue weighted by molar-refractivity contribution is 0.0529. The first-order valence-corrected chi connectivity index (χ1v) is 7.00. The van der Waals surface area contributed by atoms with Crippen LogP contribution in [0.25, 0.3) is 16.9 Å². The number of carbonyl (C=O) groups excluding carboxylic acids is 1. The largest absolute Gasteiger partial charge is 0.497 e. The van der Waals surface area contributed by atoms with Crippen LogP contribution in [0.15, 0.2) is 36.7 Å². The van der Waals surface area contributed by atoms with Gasteiger partial charge in [0.05, 0.1) is 13.7 Å². The maximum absolute atomic E-state index is 14.3. The van der Waals surface area contributed by atoms with Crippen LogP contribution >= 0.6 is 0 Å². The molecule has 0 aliphatic heterocycles. The van der Waals surface area contributed by atoms with Gasteiger partial charge in [-0.2, -0.15) is 5.10 Å². The Bertz CT molecular complexity index is 876. The summed E-state index contributed by atoms with van der Waals surface area (Å²) in [7, 11) is 1.48. The van der Waals surface area contributed by atoms with E-state index in [1.807, 2.05) is 0 Å². The third kappa shape index (κ3) is 2.61.